The maximum absolute atomic E-state index is 5.88. The summed E-state index contributed by atoms with van der Waals surface area (Å²) >= 11 is 5.88. The Labute approximate surface area is 88.7 Å². The topological polar surface area (TPSA) is 12.0 Å². The molecule has 0 bridgehead atoms. The van der Waals surface area contributed by atoms with Gasteiger partial charge in [0.15, 0.2) is 0 Å². The summed E-state index contributed by atoms with van der Waals surface area (Å²) in [5, 5.41) is 3.97. The molecular weight excluding hydrogens is 197 g/mol. The standard InChI is InChI=1S/C10H24NPS/c1-8-11-12(13,9(2,3)4)10(5,6)7/h8H2,1-7H3,(H,11,13). The Balaban J connectivity index is 5.10. The van der Waals surface area contributed by atoms with Crippen LogP contribution in [0.25, 0.3) is 0 Å². The Hall–Kier alpha value is 0.610. The van der Waals surface area contributed by atoms with E-state index in [1.54, 1.807) is 0 Å². The zero-order valence-electron chi connectivity index (χ0n) is 10.1. The van der Waals surface area contributed by atoms with Crippen LogP contribution >= 0.6 is 6.19 Å². The summed E-state index contributed by atoms with van der Waals surface area (Å²) in [6.07, 6.45) is -1.50. The summed E-state index contributed by atoms with van der Waals surface area (Å²) in [5.74, 6) is 0. The molecule has 0 aromatic rings. The van der Waals surface area contributed by atoms with E-state index in [0.29, 0.717) is 0 Å². The summed E-state index contributed by atoms with van der Waals surface area (Å²) < 4.78 is 0. The average Bonchev–Trinajstić information content (AvgIpc) is 1.82. The molecule has 0 heterocycles. The Morgan fingerprint density at radius 3 is 1.38 bits per heavy atom. The van der Waals surface area contributed by atoms with Crippen molar-refractivity contribution in [2.45, 2.75) is 58.8 Å². The van der Waals surface area contributed by atoms with Gasteiger partial charge in [0.1, 0.15) is 0 Å². The molecule has 0 unspecified atom stereocenters. The molecule has 13 heavy (non-hydrogen) atoms. The van der Waals surface area contributed by atoms with E-state index < -0.39 is 6.19 Å². The second-order valence-electron chi connectivity index (χ2n) is 5.46. The van der Waals surface area contributed by atoms with E-state index in [9.17, 15) is 0 Å². The van der Waals surface area contributed by atoms with Gasteiger partial charge in [0.25, 0.3) is 0 Å². The van der Waals surface area contributed by atoms with Crippen molar-refractivity contribution < 1.29 is 0 Å². The average molecular weight is 221 g/mol. The van der Waals surface area contributed by atoms with Gasteiger partial charge in [-0.25, -0.2) is 0 Å². The molecule has 0 fully saturated rings. The van der Waals surface area contributed by atoms with E-state index in [1.807, 2.05) is 0 Å². The molecule has 1 nitrogen and oxygen atoms in total. The van der Waals surface area contributed by atoms with Gasteiger partial charge in [0.05, 0.1) is 0 Å². The van der Waals surface area contributed by atoms with Crippen molar-refractivity contribution in [3.63, 3.8) is 0 Å². The van der Waals surface area contributed by atoms with E-state index in [1.165, 1.54) is 0 Å². The van der Waals surface area contributed by atoms with E-state index in [-0.39, 0.29) is 10.3 Å². The molecule has 0 amide bonds. The lowest BCUT2D eigenvalue weighted by Crippen LogP contribution is -2.36. The van der Waals surface area contributed by atoms with Crippen molar-refractivity contribution >= 4 is 18.0 Å². The van der Waals surface area contributed by atoms with Gasteiger partial charge in [-0.1, -0.05) is 60.3 Å². The molecule has 0 saturated carbocycles. The molecule has 0 aromatic heterocycles. The molecule has 0 rings (SSSR count). The van der Waals surface area contributed by atoms with Crippen LogP contribution in [-0.2, 0) is 11.8 Å². The van der Waals surface area contributed by atoms with Crippen molar-refractivity contribution in [2.75, 3.05) is 6.54 Å². The van der Waals surface area contributed by atoms with Gasteiger partial charge in [-0.05, 0) is 6.54 Å². The Morgan fingerprint density at radius 2 is 1.31 bits per heavy atom. The van der Waals surface area contributed by atoms with Crippen LogP contribution in [0, 0.1) is 0 Å². The van der Waals surface area contributed by atoms with Gasteiger partial charge in [-0.3, -0.25) is 5.09 Å². The fourth-order valence-corrected chi connectivity index (χ4v) is 5.50. The minimum Gasteiger partial charge on any atom is -0.288 e. The van der Waals surface area contributed by atoms with Crippen LogP contribution in [0.5, 0.6) is 0 Å². The molecule has 0 spiro atoms. The maximum Gasteiger partial charge on any atom is 0.0227 e. The summed E-state index contributed by atoms with van der Waals surface area (Å²) in [7, 11) is 0. The molecule has 1 N–H and O–H groups in total. The number of hydrogen-bond acceptors (Lipinski definition) is 1. The summed E-state index contributed by atoms with van der Waals surface area (Å²) in [4.78, 5) is 0. The molecular formula is C10H24NPS. The van der Waals surface area contributed by atoms with Crippen LogP contribution in [-0.4, -0.2) is 16.9 Å². The minimum absolute atomic E-state index is 0.205. The van der Waals surface area contributed by atoms with E-state index in [0.717, 1.165) is 6.54 Å². The smallest absolute Gasteiger partial charge is 0.0227 e. The van der Waals surface area contributed by atoms with E-state index in [4.69, 9.17) is 11.8 Å². The Kier molecular flexibility index (Phi) is 4.19. The van der Waals surface area contributed by atoms with Gasteiger partial charge in [-0.15, -0.1) is 0 Å². The van der Waals surface area contributed by atoms with Crippen LogP contribution in [0.1, 0.15) is 48.5 Å². The predicted molar refractivity (Wildman–Crippen MR) is 67.5 cm³/mol. The molecule has 0 atom stereocenters. The quantitative estimate of drug-likeness (QED) is 0.715. The molecule has 0 radical (unpaired) electrons. The lowest BCUT2D eigenvalue weighted by atomic mass is 10.2. The molecule has 3 heteroatoms. The molecule has 0 saturated heterocycles. The largest absolute Gasteiger partial charge is 0.288 e. The second kappa shape index (κ2) is 4.00. The first-order valence-corrected chi connectivity index (χ1v) is 7.72. The first kappa shape index (κ1) is 13.6. The van der Waals surface area contributed by atoms with Crippen molar-refractivity contribution in [3.05, 3.63) is 0 Å². The van der Waals surface area contributed by atoms with Crippen LogP contribution in [0.3, 0.4) is 0 Å². The fraction of sp³-hybridized carbons (Fsp3) is 1.00. The first-order chi connectivity index (χ1) is 5.56. The minimum atomic E-state index is -1.50. The van der Waals surface area contributed by atoms with Crippen LogP contribution in [0.2, 0.25) is 0 Å². The Bertz CT molecular complexity index is 192. The highest BCUT2D eigenvalue weighted by atomic mass is 32.4. The van der Waals surface area contributed by atoms with Crippen molar-refractivity contribution in [1.29, 1.82) is 0 Å². The fourth-order valence-electron chi connectivity index (χ4n) is 1.70. The first-order valence-electron chi connectivity index (χ1n) is 4.91. The normalized spacial score (nSPS) is 14.7. The van der Waals surface area contributed by atoms with Gasteiger partial charge in [-0.2, -0.15) is 0 Å². The van der Waals surface area contributed by atoms with Crippen molar-refractivity contribution in [2.24, 2.45) is 0 Å². The lowest BCUT2D eigenvalue weighted by Gasteiger charge is -2.45. The summed E-state index contributed by atoms with van der Waals surface area (Å²) in [6.45, 7) is 16.6. The van der Waals surface area contributed by atoms with Crippen molar-refractivity contribution in [1.82, 2.24) is 5.09 Å². The van der Waals surface area contributed by atoms with Crippen molar-refractivity contribution in [3.8, 4) is 0 Å². The maximum atomic E-state index is 5.88. The predicted octanol–water partition coefficient (Wildman–Crippen LogP) is 3.59. The molecule has 0 aliphatic heterocycles. The monoisotopic (exact) mass is 221 g/mol. The van der Waals surface area contributed by atoms with Gasteiger partial charge in [0, 0.05) is 16.5 Å². The highest BCUT2D eigenvalue weighted by Crippen LogP contribution is 2.63. The lowest BCUT2D eigenvalue weighted by molar-refractivity contribution is 0.683. The summed E-state index contributed by atoms with van der Waals surface area (Å²) in [6, 6.07) is 0. The van der Waals surface area contributed by atoms with Gasteiger partial charge in [0.2, 0.25) is 0 Å². The number of nitrogens with one attached hydrogen (secondary N) is 1. The van der Waals surface area contributed by atoms with Crippen LogP contribution in [0.4, 0.5) is 0 Å². The molecule has 0 aliphatic rings. The third kappa shape index (κ3) is 2.78. The third-order valence-corrected chi connectivity index (χ3v) is 10.5. The SMILES string of the molecule is CCNP(=S)(C(C)(C)C)C(C)(C)C. The van der Waals surface area contributed by atoms with Crippen LogP contribution in [0.15, 0.2) is 0 Å². The highest BCUT2D eigenvalue weighted by molar-refractivity contribution is 8.15. The number of rotatable bonds is 2. The third-order valence-electron chi connectivity index (χ3n) is 2.27. The number of hydrogen-bond donors (Lipinski definition) is 1. The zero-order chi connectivity index (χ0) is 10.9. The van der Waals surface area contributed by atoms with E-state index >= 15 is 0 Å². The van der Waals surface area contributed by atoms with E-state index in [2.05, 4.69) is 53.6 Å². The Morgan fingerprint density at radius 1 is 1.00 bits per heavy atom. The van der Waals surface area contributed by atoms with Crippen LogP contribution < -0.4 is 5.09 Å². The highest BCUT2D eigenvalue weighted by Gasteiger charge is 2.40. The van der Waals surface area contributed by atoms with Gasteiger partial charge >= 0.3 is 0 Å². The second-order valence-corrected chi connectivity index (χ2v) is 11.3. The molecule has 80 valence electrons. The molecule has 0 aromatic carbocycles. The molecule has 0 aliphatic carbocycles. The zero-order valence-corrected chi connectivity index (χ0v) is 11.8. The summed E-state index contributed by atoms with van der Waals surface area (Å²) in [5.41, 5.74) is 0. The van der Waals surface area contributed by atoms with Gasteiger partial charge < -0.3 is 0 Å².